The summed E-state index contributed by atoms with van der Waals surface area (Å²) >= 11 is 5.68. The van der Waals surface area contributed by atoms with Gasteiger partial charge in [-0.25, -0.2) is 4.98 Å². The number of piperidine rings is 1. The van der Waals surface area contributed by atoms with Crippen molar-refractivity contribution in [1.82, 2.24) is 15.3 Å². The lowest BCUT2D eigenvalue weighted by Crippen LogP contribution is -2.38. The number of aromatic nitrogens is 2. The Morgan fingerprint density at radius 1 is 1.50 bits per heavy atom. The molecule has 0 unspecified atom stereocenters. The Balaban J connectivity index is 1.64. The highest BCUT2D eigenvalue weighted by Crippen LogP contribution is 2.40. The van der Waals surface area contributed by atoms with Crippen molar-refractivity contribution >= 4 is 23.3 Å². The van der Waals surface area contributed by atoms with Crippen LogP contribution in [0.3, 0.4) is 0 Å². The van der Waals surface area contributed by atoms with Crippen LogP contribution >= 0.6 is 11.6 Å². The van der Waals surface area contributed by atoms with Gasteiger partial charge in [-0.05, 0) is 18.8 Å². The molecule has 0 spiro atoms. The number of fused-ring (bicyclic) bond motifs is 1. The van der Waals surface area contributed by atoms with Crippen molar-refractivity contribution in [3.05, 3.63) is 17.5 Å². The highest BCUT2D eigenvalue weighted by atomic mass is 35.5. The second kappa shape index (κ2) is 3.68. The van der Waals surface area contributed by atoms with E-state index in [0.29, 0.717) is 17.8 Å². The predicted molar refractivity (Wildman–Crippen MR) is 59.1 cm³/mol. The molecule has 1 saturated carbocycles. The summed E-state index contributed by atoms with van der Waals surface area (Å²) in [5.74, 6) is 1.05. The first-order valence-electron chi connectivity index (χ1n) is 5.27. The Hall–Kier alpha value is -1.20. The van der Waals surface area contributed by atoms with Crippen LogP contribution in [0.4, 0.5) is 5.82 Å². The standard InChI is InChI=1S/C10H11ClN4O/c11-8-3-12-4-9(14-8)15-10(16)7-2-5-1-6(5)13-7/h3-7,13H,1-2H2,(H,14,15,16)/t5-,6-,7+/m1/s1. The fourth-order valence-electron chi connectivity index (χ4n) is 2.14. The molecule has 6 heteroatoms. The van der Waals surface area contributed by atoms with Crippen LogP contribution in [0.5, 0.6) is 0 Å². The van der Waals surface area contributed by atoms with Crippen LogP contribution in [0.2, 0.25) is 5.15 Å². The van der Waals surface area contributed by atoms with Gasteiger partial charge in [-0.1, -0.05) is 11.6 Å². The number of amides is 1. The minimum atomic E-state index is -0.0930. The number of hydrogen-bond acceptors (Lipinski definition) is 4. The lowest BCUT2D eigenvalue weighted by atomic mass is 10.2. The summed E-state index contributed by atoms with van der Waals surface area (Å²) in [7, 11) is 0. The zero-order valence-corrected chi connectivity index (χ0v) is 9.24. The van der Waals surface area contributed by atoms with E-state index in [1.165, 1.54) is 18.8 Å². The number of nitrogens with one attached hydrogen (secondary N) is 2. The highest BCUT2D eigenvalue weighted by molar-refractivity contribution is 6.29. The number of carbonyl (C=O) groups is 1. The van der Waals surface area contributed by atoms with E-state index in [-0.39, 0.29) is 17.1 Å². The number of carbonyl (C=O) groups excluding carboxylic acids is 1. The zero-order valence-electron chi connectivity index (χ0n) is 8.48. The van der Waals surface area contributed by atoms with E-state index < -0.39 is 0 Å². The maximum atomic E-state index is 11.8. The van der Waals surface area contributed by atoms with Gasteiger partial charge in [-0.2, -0.15) is 0 Å². The molecule has 2 heterocycles. The molecule has 16 heavy (non-hydrogen) atoms. The summed E-state index contributed by atoms with van der Waals surface area (Å²) in [6, 6.07) is 0.464. The van der Waals surface area contributed by atoms with Crippen molar-refractivity contribution in [1.29, 1.82) is 0 Å². The van der Waals surface area contributed by atoms with Crippen molar-refractivity contribution in [2.75, 3.05) is 5.32 Å². The van der Waals surface area contributed by atoms with Gasteiger partial charge in [0.25, 0.3) is 0 Å². The Bertz CT molecular complexity index is 429. The van der Waals surface area contributed by atoms with Crippen LogP contribution < -0.4 is 10.6 Å². The second-order valence-corrected chi connectivity index (χ2v) is 4.66. The maximum Gasteiger partial charge on any atom is 0.242 e. The van der Waals surface area contributed by atoms with Crippen LogP contribution in [-0.2, 0) is 4.79 Å². The molecule has 0 bridgehead atoms. The van der Waals surface area contributed by atoms with E-state index >= 15 is 0 Å². The van der Waals surface area contributed by atoms with Gasteiger partial charge in [0, 0.05) is 6.04 Å². The van der Waals surface area contributed by atoms with Gasteiger partial charge in [0.15, 0.2) is 5.82 Å². The van der Waals surface area contributed by atoms with Crippen molar-refractivity contribution in [3.8, 4) is 0 Å². The maximum absolute atomic E-state index is 11.8. The molecule has 2 N–H and O–H groups in total. The fourth-order valence-corrected chi connectivity index (χ4v) is 2.29. The SMILES string of the molecule is O=C(Nc1cncc(Cl)n1)[C@@H]1C[C@H]2C[C@H]2N1. The fraction of sp³-hybridized carbons (Fsp3) is 0.500. The third-order valence-corrected chi connectivity index (χ3v) is 3.23. The molecule has 84 valence electrons. The van der Waals surface area contributed by atoms with Crippen LogP contribution in [0.15, 0.2) is 12.4 Å². The molecule has 0 radical (unpaired) electrons. The smallest absolute Gasteiger partial charge is 0.242 e. The molecule has 1 saturated heterocycles. The first kappa shape index (κ1) is 9.99. The predicted octanol–water partition coefficient (Wildman–Crippen LogP) is 0.819. The van der Waals surface area contributed by atoms with Crippen molar-refractivity contribution < 1.29 is 4.79 Å². The van der Waals surface area contributed by atoms with Gasteiger partial charge in [-0.3, -0.25) is 9.78 Å². The van der Waals surface area contributed by atoms with Crippen molar-refractivity contribution in [3.63, 3.8) is 0 Å². The molecular weight excluding hydrogens is 228 g/mol. The molecule has 3 rings (SSSR count). The molecule has 1 amide bonds. The third kappa shape index (κ3) is 1.88. The summed E-state index contributed by atoms with van der Waals surface area (Å²) < 4.78 is 0. The quantitative estimate of drug-likeness (QED) is 0.801. The molecule has 1 aromatic rings. The Labute approximate surface area is 97.6 Å². The lowest BCUT2D eigenvalue weighted by molar-refractivity contribution is -0.118. The highest BCUT2D eigenvalue weighted by Gasteiger charge is 2.47. The zero-order chi connectivity index (χ0) is 11.1. The van der Waals surface area contributed by atoms with E-state index in [4.69, 9.17) is 11.6 Å². The van der Waals surface area contributed by atoms with Crippen molar-refractivity contribution in [2.24, 2.45) is 5.92 Å². The number of rotatable bonds is 2. The van der Waals surface area contributed by atoms with E-state index in [1.54, 1.807) is 0 Å². The molecular formula is C10H11ClN4O. The first-order valence-corrected chi connectivity index (χ1v) is 5.64. The molecule has 5 nitrogen and oxygen atoms in total. The average molecular weight is 239 g/mol. The van der Waals surface area contributed by atoms with Gasteiger partial charge in [-0.15, -0.1) is 0 Å². The Morgan fingerprint density at radius 2 is 2.38 bits per heavy atom. The van der Waals surface area contributed by atoms with Crippen LogP contribution in [-0.4, -0.2) is 28.0 Å². The molecule has 2 aliphatic rings. The van der Waals surface area contributed by atoms with E-state index in [0.717, 1.165) is 6.42 Å². The summed E-state index contributed by atoms with van der Waals surface area (Å²) in [4.78, 5) is 19.6. The van der Waals surface area contributed by atoms with Gasteiger partial charge in [0.2, 0.25) is 5.91 Å². The molecule has 1 aliphatic heterocycles. The summed E-state index contributed by atoms with van der Waals surface area (Å²) in [5, 5.41) is 6.25. The number of anilines is 1. The van der Waals surface area contributed by atoms with Gasteiger partial charge in [0.05, 0.1) is 18.4 Å². The topological polar surface area (TPSA) is 66.9 Å². The monoisotopic (exact) mass is 238 g/mol. The molecule has 0 aromatic carbocycles. The normalized spacial score (nSPS) is 30.9. The lowest BCUT2D eigenvalue weighted by Gasteiger charge is -2.12. The average Bonchev–Trinajstić information content (AvgIpc) is 2.86. The van der Waals surface area contributed by atoms with Crippen LogP contribution in [0, 0.1) is 5.92 Å². The molecule has 1 aromatic heterocycles. The summed E-state index contributed by atoms with van der Waals surface area (Å²) in [6.45, 7) is 0. The molecule has 3 atom stereocenters. The minimum absolute atomic E-state index is 0.0521. The molecule has 2 fully saturated rings. The first-order chi connectivity index (χ1) is 7.72. The largest absolute Gasteiger partial charge is 0.308 e. The number of halogens is 1. The van der Waals surface area contributed by atoms with Gasteiger partial charge < -0.3 is 10.6 Å². The summed E-state index contributed by atoms with van der Waals surface area (Å²) in [5.41, 5.74) is 0. The van der Waals surface area contributed by atoms with E-state index in [2.05, 4.69) is 20.6 Å². The van der Waals surface area contributed by atoms with Gasteiger partial charge in [0.1, 0.15) is 5.15 Å². The Morgan fingerprint density at radius 3 is 3.06 bits per heavy atom. The van der Waals surface area contributed by atoms with Crippen LogP contribution in [0.1, 0.15) is 12.8 Å². The molecule has 1 aliphatic carbocycles. The van der Waals surface area contributed by atoms with Crippen molar-refractivity contribution in [2.45, 2.75) is 24.9 Å². The summed E-state index contributed by atoms with van der Waals surface area (Å²) in [6.07, 6.45) is 5.05. The third-order valence-electron chi connectivity index (χ3n) is 3.05. The number of nitrogens with zero attached hydrogens (tertiary/aromatic N) is 2. The number of hydrogen-bond donors (Lipinski definition) is 2. The second-order valence-electron chi connectivity index (χ2n) is 4.27. The van der Waals surface area contributed by atoms with E-state index in [1.807, 2.05) is 0 Å². The Kier molecular flexibility index (Phi) is 2.29. The van der Waals surface area contributed by atoms with Gasteiger partial charge >= 0.3 is 0 Å². The minimum Gasteiger partial charge on any atom is -0.308 e. The van der Waals surface area contributed by atoms with Crippen LogP contribution in [0.25, 0.3) is 0 Å². The van der Waals surface area contributed by atoms with E-state index in [9.17, 15) is 4.79 Å².